The maximum Gasteiger partial charge on any atom is 0.416 e. The zero-order valence-corrected chi connectivity index (χ0v) is 18.6. The Balaban J connectivity index is 1.57. The predicted octanol–water partition coefficient (Wildman–Crippen LogP) is 4.38. The number of aromatic nitrogens is 3. The number of benzene rings is 1. The molecular weight excluding hydrogens is 449 g/mol. The SMILES string of the molecule is Cc1[nH]c2c(-c3cc(C(F)(F)F)ccc3OCC3CC3)ncnc2c1C(=O)N[C@@H]1CCC[C@@H]1O. The molecule has 0 spiro atoms. The van der Waals surface area contributed by atoms with Crippen molar-refractivity contribution in [1.29, 1.82) is 0 Å². The van der Waals surface area contributed by atoms with Gasteiger partial charge in [-0.05, 0) is 63.1 Å². The van der Waals surface area contributed by atoms with Crippen LogP contribution in [0.2, 0.25) is 0 Å². The Morgan fingerprint density at radius 2 is 2.03 bits per heavy atom. The standard InChI is InChI=1S/C24H25F3N4O3/c1-12-19(23(33)31-16-3-2-4-17(16)32)21-22(30-12)20(28-11-29-21)15-9-14(24(25,26)27)7-8-18(15)34-10-13-5-6-13/h7-9,11,13,16-17,30,32H,2-6,10H2,1H3,(H,31,33)/t16-,17+/m1/s1. The summed E-state index contributed by atoms with van der Waals surface area (Å²) in [4.78, 5) is 24.7. The van der Waals surface area contributed by atoms with E-state index in [9.17, 15) is 23.1 Å². The van der Waals surface area contributed by atoms with Crippen molar-refractivity contribution in [2.24, 2.45) is 5.92 Å². The van der Waals surface area contributed by atoms with E-state index in [1.54, 1.807) is 6.92 Å². The molecule has 0 saturated heterocycles. The van der Waals surface area contributed by atoms with Gasteiger partial charge >= 0.3 is 6.18 Å². The topological polar surface area (TPSA) is 100 Å². The first-order valence-corrected chi connectivity index (χ1v) is 11.4. The number of aromatic amines is 1. The van der Waals surface area contributed by atoms with Crippen molar-refractivity contribution in [3.8, 4) is 17.0 Å². The Morgan fingerprint density at radius 3 is 2.71 bits per heavy atom. The van der Waals surface area contributed by atoms with E-state index in [2.05, 4.69) is 20.3 Å². The van der Waals surface area contributed by atoms with Crippen LogP contribution < -0.4 is 10.1 Å². The van der Waals surface area contributed by atoms with Gasteiger partial charge in [-0.2, -0.15) is 13.2 Å². The van der Waals surface area contributed by atoms with E-state index in [1.165, 1.54) is 12.4 Å². The van der Waals surface area contributed by atoms with Gasteiger partial charge in [0.1, 0.15) is 23.3 Å². The summed E-state index contributed by atoms with van der Waals surface area (Å²) in [7, 11) is 0. The van der Waals surface area contributed by atoms with Gasteiger partial charge in [-0.25, -0.2) is 9.97 Å². The number of alkyl halides is 3. The Labute approximate surface area is 193 Å². The molecule has 0 radical (unpaired) electrons. The number of aliphatic hydroxyl groups excluding tert-OH is 1. The van der Waals surface area contributed by atoms with Gasteiger partial charge in [-0.3, -0.25) is 4.79 Å². The van der Waals surface area contributed by atoms with Crippen LogP contribution in [0.5, 0.6) is 5.75 Å². The minimum absolute atomic E-state index is 0.183. The van der Waals surface area contributed by atoms with Crippen LogP contribution in [0.15, 0.2) is 24.5 Å². The van der Waals surface area contributed by atoms with Gasteiger partial charge in [-0.15, -0.1) is 0 Å². The lowest BCUT2D eigenvalue weighted by atomic mass is 10.0. The highest BCUT2D eigenvalue weighted by Crippen LogP contribution is 2.40. The van der Waals surface area contributed by atoms with Crippen LogP contribution >= 0.6 is 0 Å². The predicted molar refractivity (Wildman–Crippen MR) is 118 cm³/mol. The zero-order chi connectivity index (χ0) is 24.0. The number of fused-ring (bicyclic) bond motifs is 1. The first-order valence-electron chi connectivity index (χ1n) is 11.4. The fourth-order valence-electron chi connectivity index (χ4n) is 4.46. The lowest BCUT2D eigenvalue weighted by Gasteiger charge is -2.16. The van der Waals surface area contributed by atoms with Crippen molar-refractivity contribution in [1.82, 2.24) is 20.3 Å². The van der Waals surface area contributed by atoms with Crippen molar-refractivity contribution in [2.45, 2.75) is 57.3 Å². The summed E-state index contributed by atoms with van der Waals surface area (Å²) in [6, 6.07) is 2.99. The molecule has 180 valence electrons. The van der Waals surface area contributed by atoms with Crippen LogP contribution in [0.25, 0.3) is 22.3 Å². The number of aryl methyl sites for hydroxylation is 1. The first kappa shape index (κ1) is 22.6. The second kappa shape index (κ2) is 8.57. The molecule has 1 aromatic carbocycles. The van der Waals surface area contributed by atoms with Crippen molar-refractivity contribution in [2.75, 3.05) is 6.61 Å². The van der Waals surface area contributed by atoms with E-state index in [4.69, 9.17) is 4.74 Å². The highest BCUT2D eigenvalue weighted by molar-refractivity contribution is 6.09. The Morgan fingerprint density at radius 1 is 1.24 bits per heavy atom. The molecule has 0 bridgehead atoms. The Bertz CT molecular complexity index is 1240. The molecule has 34 heavy (non-hydrogen) atoms. The minimum Gasteiger partial charge on any atom is -0.493 e. The van der Waals surface area contributed by atoms with Gasteiger partial charge in [0.05, 0.1) is 35.4 Å². The first-order chi connectivity index (χ1) is 16.2. The van der Waals surface area contributed by atoms with E-state index in [0.717, 1.165) is 31.4 Å². The molecular formula is C24H25F3N4O3. The molecule has 3 N–H and O–H groups in total. The van der Waals surface area contributed by atoms with Crippen LogP contribution in [0, 0.1) is 12.8 Å². The van der Waals surface area contributed by atoms with Crippen molar-refractivity contribution < 1.29 is 27.8 Å². The third-order valence-electron chi connectivity index (χ3n) is 6.53. The van der Waals surface area contributed by atoms with Crippen LogP contribution in [-0.4, -0.2) is 44.7 Å². The van der Waals surface area contributed by atoms with Gasteiger partial charge in [0.25, 0.3) is 5.91 Å². The summed E-state index contributed by atoms with van der Waals surface area (Å²) < 4.78 is 46.4. The largest absolute Gasteiger partial charge is 0.493 e. The lowest BCUT2D eigenvalue weighted by Crippen LogP contribution is -2.40. The lowest BCUT2D eigenvalue weighted by molar-refractivity contribution is -0.137. The second-order valence-corrected chi connectivity index (χ2v) is 9.11. The molecule has 2 saturated carbocycles. The number of carbonyl (C=O) groups is 1. The van der Waals surface area contributed by atoms with E-state index in [-0.39, 0.29) is 22.9 Å². The number of aliphatic hydroxyl groups is 1. The summed E-state index contributed by atoms with van der Waals surface area (Å²) in [5.74, 6) is 0.315. The number of hydrogen-bond donors (Lipinski definition) is 3. The summed E-state index contributed by atoms with van der Waals surface area (Å²) >= 11 is 0. The maximum absolute atomic E-state index is 13.5. The zero-order valence-electron chi connectivity index (χ0n) is 18.6. The number of hydrogen-bond acceptors (Lipinski definition) is 5. The van der Waals surface area contributed by atoms with Gasteiger partial charge in [-0.1, -0.05) is 0 Å². The van der Waals surface area contributed by atoms with Crippen molar-refractivity contribution >= 4 is 16.9 Å². The Hall–Kier alpha value is -3.14. The number of ether oxygens (including phenoxy) is 1. The molecule has 7 nitrogen and oxygen atoms in total. The molecule has 10 heteroatoms. The molecule has 2 fully saturated rings. The fourth-order valence-corrected chi connectivity index (χ4v) is 4.46. The molecule has 0 unspecified atom stereocenters. The van der Waals surface area contributed by atoms with Crippen LogP contribution in [0.3, 0.4) is 0 Å². The molecule has 2 heterocycles. The van der Waals surface area contributed by atoms with E-state index < -0.39 is 23.8 Å². The van der Waals surface area contributed by atoms with Gasteiger partial charge in [0.2, 0.25) is 0 Å². The normalized spacial score (nSPS) is 20.6. The van der Waals surface area contributed by atoms with E-state index in [0.29, 0.717) is 47.8 Å². The highest BCUT2D eigenvalue weighted by Gasteiger charge is 2.33. The maximum atomic E-state index is 13.5. The quantitative estimate of drug-likeness (QED) is 0.492. The summed E-state index contributed by atoms with van der Waals surface area (Å²) in [6.07, 6.45) is 0.311. The number of nitrogens with one attached hydrogen (secondary N) is 2. The summed E-state index contributed by atoms with van der Waals surface area (Å²) in [5, 5.41) is 12.9. The number of carbonyl (C=O) groups excluding carboxylic acids is 1. The van der Waals surface area contributed by atoms with Gasteiger partial charge < -0.3 is 20.1 Å². The number of rotatable bonds is 6. The molecule has 2 aliphatic rings. The van der Waals surface area contributed by atoms with Crippen molar-refractivity contribution in [3.63, 3.8) is 0 Å². The number of H-pyrrole nitrogens is 1. The molecule has 2 atom stereocenters. The summed E-state index contributed by atoms with van der Waals surface area (Å²) in [6.45, 7) is 2.12. The van der Waals surface area contributed by atoms with Crippen LogP contribution in [0.4, 0.5) is 13.2 Å². The number of halogens is 3. The van der Waals surface area contributed by atoms with Crippen LogP contribution in [0.1, 0.15) is 53.7 Å². The molecule has 2 aromatic heterocycles. The average molecular weight is 474 g/mol. The highest BCUT2D eigenvalue weighted by atomic mass is 19.4. The van der Waals surface area contributed by atoms with Crippen LogP contribution in [-0.2, 0) is 6.18 Å². The average Bonchev–Trinajstić information content (AvgIpc) is 3.44. The monoisotopic (exact) mass is 474 g/mol. The fraction of sp³-hybridized carbons (Fsp3) is 0.458. The van der Waals surface area contributed by atoms with Gasteiger partial charge in [0.15, 0.2) is 0 Å². The summed E-state index contributed by atoms with van der Waals surface area (Å²) in [5.41, 5.74) is 1.04. The number of nitrogens with zero attached hydrogens (tertiary/aromatic N) is 2. The molecule has 5 rings (SSSR count). The number of amides is 1. The second-order valence-electron chi connectivity index (χ2n) is 9.11. The third-order valence-corrected chi connectivity index (χ3v) is 6.53. The molecule has 1 amide bonds. The third kappa shape index (κ3) is 4.34. The van der Waals surface area contributed by atoms with E-state index in [1.807, 2.05) is 0 Å². The molecule has 3 aromatic rings. The minimum atomic E-state index is -4.53. The van der Waals surface area contributed by atoms with E-state index >= 15 is 0 Å². The van der Waals surface area contributed by atoms with Gasteiger partial charge in [0, 0.05) is 11.3 Å². The Kier molecular flexibility index (Phi) is 5.71. The smallest absolute Gasteiger partial charge is 0.416 e. The molecule has 2 aliphatic carbocycles. The molecule has 0 aliphatic heterocycles. The van der Waals surface area contributed by atoms with Crippen molar-refractivity contribution in [3.05, 3.63) is 41.3 Å².